The van der Waals surface area contributed by atoms with E-state index in [1.54, 1.807) is 0 Å². The Labute approximate surface area is 336 Å². The molecule has 0 atom stereocenters. The van der Waals surface area contributed by atoms with Crippen LogP contribution in [0.1, 0.15) is 22.3 Å². The second-order valence-electron chi connectivity index (χ2n) is 16.3. The number of hydrogen-bond donors (Lipinski definition) is 0. The van der Waals surface area contributed by atoms with Gasteiger partial charge in [0.1, 0.15) is 11.2 Å². The van der Waals surface area contributed by atoms with Crippen LogP contribution in [0, 0.1) is 0 Å². The molecule has 4 aliphatic rings. The van der Waals surface area contributed by atoms with Crippen molar-refractivity contribution in [3.63, 3.8) is 0 Å². The highest BCUT2D eigenvalue weighted by molar-refractivity contribution is 7.24. The van der Waals surface area contributed by atoms with E-state index in [4.69, 9.17) is 4.42 Å². The lowest BCUT2D eigenvalue weighted by Crippen LogP contribution is -2.70. The monoisotopic (exact) mass is 751 g/mol. The molecule has 0 fully saturated rings. The Hall–Kier alpha value is -7.20. The zero-order valence-electron chi connectivity index (χ0n) is 31.4. The van der Waals surface area contributed by atoms with E-state index in [1.165, 1.54) is 93.4 Å². The molecule has 2 nitrogen and oxygen atoms in total. The number of para-hydroxylation sites is 2. The summed E-state index contributed by atoms with van der Waals surface area (Å²) in [5.41, 5.74) is 18.0. The normalized spacial score (nSPS) is 15.1. The minimum absolute atomic E-state index is 0.547. The summed E-state index contributed by atoms with van der Waals surface area (Å²) in [6, 6.07) is 75.6. The summed E-state index contributed by atoms with van der Waals surface area (Å²) in [5.74, 6) is 0. The third kappa shape index (κ3) is 3.49. The Bertz CT molecular complexity index is 3340. The van der Waals surface area contributed by atoms with E-state index >= 15 is 0 Å². The maximum Gasteiger partial charge on any atom is 0.182 e. The van der Waals surface area contributed by atoms with E-state index in [-0.39, 0.29) is 0 Å². The number of hydrogen-bond acceptors (Lipinski definition) is 2. The molecule has 0 saturated carbocycles. The van der Waals surface area contributed by atoms with Gasteiger partial charge < -0.3 is 9.32 Å². The van der Waals surface area contributed by atoms with Crippen molar-refractivity contribution in [1.82, 2.24) is 0 Å². The van der Waals surface area contributed by atoms with E-state index < -0.39 is 13.5 Å². The predicted octanol–water partition coefficient (Wildman–Crippen LogP) is 11.1. The van der Waals surface area contributed by atoms with Gasteiger partial charge in [-0.25, -0.2) is 0 Å². The molecule has 9 aromatic carbocycles. The molecule has 4 heterocycles. The quantitative estimate of drug-likeness (QED) is 0.155. The fourth-order valence-electron chi connectivity index (χ4n) is 11.8. The first-order valence-corrected chi connectivity index (χ1v) is 22.3. The van der Waals surface area contributed by atoms with Crippen LogP contribution in [0.25, 0.3) is 55.3 Å². The molecule has 268 valence electrons. The van der Waals surface area contributed by atoms with Gasteiger partial charge >= 0.3 is 0 Å². The van der Waals surface area contributed by atoms with Crippen LogP contribution in [0.2, 0.25) is 0 Å². The van der Waals surface area contributed by atoms with Crippen LogP contribution in [-0.2, 0) is 5.41 Å². The van der Waals surface area contributed by atoms with Crippen molar-refractivity contribution < 1.29 is 4.42 Å². The van der Waals surface area contributed by atoms with E-state index in [0.717, 1.165) is 21.9 Å². The number of nitrogens with zero attached hydrogens (tertiary/aromatic N) is 1. The molecule has 0 radical (unpaired) electrons. The summed E-state index contributed by atoms with van der Waals surface area (Å²) in [7, 11) is -2.67. The first kappa shape index (κ1) is 30.9. The lowest BCUT2D eigenvalue weighted by Gasteiger charge is -2.45. The van der Waals surface area contributed by atoms with Crippen molar-refractivity contribution in [1.29, 1.82) is 0 Å². The number of anilines is 3. The summed E-state index contributed by atoms with van der Waals surface area (Å²) < 4.78 is 6.74. The third-order valence-electron chi connectivity index (χ3n) is 13.9. The second kappa shape index (κ2) is 10.8. The maximum absolute atomic E-state index is 6.74. The SMILES string of the molecule is c1ccc2c(c1)-c1ccccc1C21c2ccccc2N(c2ccc3c(c2)[Si]2(c4ccccc4-c4ccccc42)c2ccccc2-3)c2cc3c(cc21)oc1ccccc13. The molecule has 3 aliphatic heterocycles. The van der Waals surface area contributed by atoms with Crippen molar-refractivity contribution >= 4 is 67.8 Å². The van der Waals surface area contributed by atoms with Gasteiger partial charge in [0.25, 0.3) is 0 Å². The first-order chi connectivity index (χ1) is 28.8. The Morgan fingerprint density at radius 2 is 0.862 bits per heavy atom. The summed E-state index contributed by atoms with van der Waals surface area (Å²) in [6.07, 6.45) is 0. The number of fused-ring (bicyclic) bond motifs is 22. The lowest BCUT2D eigenvalue weighted by atomic mass is 9.64. The van der Waals surface area contributed by atoms with Gasteiger partial charge in [0.2, 0.25) is 0 Å². The van der Waals surface area contributed by atoms with Crippen LogP contribution >= 0.6 is 0 Å². The first-order valence-electron chi connectivity index (χ1n) is 20.3. The highest BCUT2D eigenvalue weighted by atomic mass is 28.3. The van der Waals surface area contributed by atoms with Gasteiger partial charge in [-0.3, -0.25) is 0 Å². The summed E-state index contributed by atoms with van der Waals surface area (Å²) in [5, 5.41) is 8.20. The average molecular weight is 752 g/mol. The minimum atomic E-state index is -2.67. The Morgan fingerprint density at radius 1 is 0.345 bits per heavy atom. The molecule has 2 spiro atoms. The summed E-state index contributed by atoms with van der Waals surface area (Å²) >= 11 is 0. The van der Waals surface area contributed by atoms with Crippen molar-refractivity contribution in [2.45, 2.75) is 5.41 Å². The predicted molar refractivity (Wildman–Crippen MR) is 241 cm³/mol. The van der Waals surface area contributed by atoms with E-state index in [1.807, 2.05) is 0 Å². The molecule has 0 unspecified atom stereocenters. The largest absolute Gasteiger partial charge is 0.456 e. The standard InChI is InChI=1S/C55H33NOSi/c1-7-21-43-35(15-1)36-16-2-8-22-44(36)55(43)45-23-9-10-24-47(45)56(48-32-42-37-17-3-11-25-49(37)57-50(42)33-46(48)55)34-29-30-41-40-20-6-14-28-53(40)58(54(41)31-34)51-26-12-4-18-38(51)39-19-5-13-27-52(39)58/h1-33H. The smallest absolute Gasteiger partial charge is 0.182 e. The van der Waals surface area contributed by atoms with E-state index in [2.05, 4.69) is 205 Å². The number of rotatable bonds is 1. The molecule has 0 N–H and O–H groups in total. The van der Waals surface area contributed by atoms with Crippen molar-refractivity contribution in [3.05, 3.63) is 222 Å². The molecular weight excluding hydrogens is 719 g/mol. The molecule has 1 aromatic heterocycles. The van der Waals surface area contributed by atoms with Crippen LogP contribution in [0.3, 0.4) is 0 Å². The maximum atomic E-state index is 6.74. The van der Waals surface area contributed by atoms with Gasteiger partial charge in [-0.05, 0) is 113 Å². The van der Waals surface area contributed by atoms with E-state index in [9.17, 15) is 0 Å². The fraction of sp³-hybridized carbons (Fsp3) is 0.0182. The Kier molecular flexibility index (Phi) is 5.76. The molecule has 0 amide bonds. The van der Waals surface area contributed by atoms with Crippen LogP contribution in [-0.4, -0.2) is 8.07 Å². The van der Waals surface area contributed by atoms with Gasteiger partial charge in [0, 0.05) is 16.5 Å². The van der Waals surface area contributed by atoms with Crippen molar-refractivity contribution in [3.8, 4) is 33.4 Å². The number of benzene rings is 9. The van der Waals surface area contributed by atoms with Crippen molar-refractivity contribution in [2.75, 3.05) is 4.90 Å². The third-order valence-corrected chi connectivity index (χ3v) is 18.8. The minimum Gasteiger partial charge on any atom is -0.456 e. The summed E-state index contributed by atoms with van der Waals surface area (Å²) in [4.78, 5) is 2.57. The molecule has 1 aliphatic carbocycles. The van der Waals surface area contributed by atoms with Crippen LogP contribution in [0.5, 0.6) is 0 Å². The topological polar surface area (TPSA) is 16.4 Å². The van der Waals surface area contributed by atoms with Gasteiger partial charge in [-0.15, -0.1) is 0 Å². The molecule has 10 aromatic rings. The molecule has 0 bridgehead atoms. The summed E-state index contributed by atoms with van der Waals surface area (Å²) in [6.45, 7) is 0. The zero-order valence-corrected chi connectivity index (χ0v) is 32.4. The molecular formula is C55H33NOSi. The highest BCUT2D eigenvalue weighted by Gasteiger charge is 2.55. The van der Waals surface area contributed by atoms with E-state index in [0.29, 0.717) is 0 Å². The van der Waals surface area contributed by atoms with Crippen LogP contribution in [0.15, 0.2) is 205 Å². The molecule has 0 saturated heterocycles. The second-order valence-corrected chi connectivity index (χ2v) is 19.9. The highest BCUT2D eigenvalue weighted by Crippen LogP contribution is 2.64. The lowest BCUT2D eigenvalue weighted by molar-refractivity contribution is 0.665. The molecule has 14 rings (SSSR count). The van der Waals surface area contributed by atoms with Gasteiger partial charge in [-0.1, -0.05) is 164 Å². The van der Waals surface area contributed by atoms with Gasteiger partial charge in [0.05, 0.1) is 16.8 Å². The zero-order chi connectivity index (χ0) is 37.7. The fourth-order valence-corrected chi connectivity index (χ4v) is 17.5. The molecule has 3 heteroatoms. The van der Waals surface area contributed by atoms with Gasteiger partial charge in [-0.2, -0.15) is 0 Å². The Morgan fingerprint density at radius 3 is 1.52 bits per heavy atom. The average Bonchev–Trinajstić information content (AvgIpc) is 3.99. The van der Waals surface area contributed by atoms with Crippen LogP contribution < -0.4 is 25.6 Å². The van der Waals surface area contributed by atoms with Gasteiger partial charge in [0.15, 0.2) is 8.07 Å². The molecule has 58 heavy (non-hydrogen) atoms. The number of furan rings is 1. The Balaban J connectivity index is 1.11. The van der Waals surface area contributed by atoms with Crippen LogP contribution in [0.4, 0.5) is 17.1 Å². The van der Waals surface area contributed by atoms with Crippen molar-refractivity contribution in [2.24, 2.45) is 0 Å².